The Morgan fingerprint density at radius 2 is 2.10 bits per heavy atom. The van der Waals surface area contributed by atoms with Crippen LogP contribution in [-0.4, -0.2) is 59.3 Å². The molecule has 1 unspecified atom stereocenters. The fourth-order valence-corrected chi connectivity index (χ4v) is 4.79. The quantitative estimate of drug-likeness (QED) is 0.394. The molecule has 0 spiro atoms. The number of aliphatic hydroxyl groups is 3. The molecule has 1 aliphatic rings. The van der Waals surface area contributed by atoms with Crippen LogP contribution in [0.2, 0.25) is 0 Å². The first-order valence-corrected chi connectivity index (χ1v) is 9.93. The van der Waals surface area contributed by atoms with Gasteiger partial charge in [-0.15, -0.1) is 11.3 Å². The van der Waals surface area contributed by atoms with Crippen LogP contribution >= 0.6 is 11.3 Å². The molecule has 5 rings (SSSR count). The van der Waals surface area contributed by atoms with E-state index >= 15 is 0 Å². The first-order chi connectivity index (χ1) is 13.9. The fraction of sp³-hybridized carbons (Fsp3) is 0.316. The summed E-state index contributed by atoms with van der Waals surface area (Å²) in [4.78, 5) is 13.2. The average molecular weight is 413 g/mol. The lowest BCUT2D eigenvalue weighted by Gasteiger charge is -2.27. The van der Waals surface area contributed by atoms with Gasteiger partial charge in [-0.25, -0.2) is 9.97 Å². The molecular weight excluding hydrogens is 394 g/mol. The minimum atomic E-state index is -1.66. The molecule has 150 valence electrons. The normalized spacial score (nSPS) is 27.2. The highest BCUT2D eigenvalue weighted by molar-refractivity contribution is 7.17. The Bertz CT molecular complexity index is 1220. The third-order valence-corrected chi connectivity index (χ3v) is 6.33. The van der Waals surface area contributed by atoms with Crippen molar-refractivity contribution in [3.05, 3.63) is 36.0 Å². The van der Waals surface area contributed by atoms with Crippen LogP contribution in [-0.2, 0) is 4.74 Å². The van der Waals surface area contributed by atoms with E-state index in [4.69, 9.17) is 10.5 Å². The van der Waals surface area contributed by atoms with E-state index in [0.29, 0.717) is 16.9 Å². The molecule has 9 nitrogen and oxygen atoms in total. The highest BCUT2D eigenvalue weighted by Crippen LogP contribution is 2.41. The summed E-state index contributed by atoms with van der Waals surface area (Å²) in [5.74, 6) is 0.0569. The number of nitrogen functional groups attached to an aromatic ring is 1. The van der Waals surface area contributed by atoms with Crippen LogP contribution in [0.4, 0.5) is 5.95 Å². The molecule has 0 aliphatic carbocycles. The van der Waals surface area contributed by atoms with Crippen LogP contribution in [0.15, 0.2) is 36.0 Å². The number of fused-ring (bicyclic) bond motifs is 2. The first-order valence-electron chi connectivity index (χ1n) is 9.05. The lowest BCUT2D eigenvalue weighted by Crippen LogP contribution is -2.44. The van der Waals surface area contributed by atoms with Gasteiger partial charge in [-0.3, -0.25) is 4.57 Å². The van der Waals surface area contributed by atoms with Crippen molar-refractivity contribution in [2.75, 3.05) is 12.3 Å². The molecule has 4 aromatic rings. The zero-order chi connectivity index (χ0) is 20.3. The maximum atomic E-state index is 10.8. The lowest BCUT2D eigenvalue weighted by atomic mass is 9.96. The van der Waals surface area contributed by atoms with Crippen LogP contribution in [0.25, 0.3) is 32.5 Å². The van der Waals surface area contributed by atoms with Crippen molar-refractivity contribution in [3.8, 4) is 11.3 Å². The summed E-state index contributed by atoms with van der Waals surface area (Å²) in [6.45, 7) is 1.02. The van der Waals surface area contributed by atoms with Gasteiger partial charge in [-0.1, -0.05) is 18.2 Å². The second-order valence-electron chi connectivity index (χ2n) is 7.28. The standard InChI is InChI=1S/C19H19N5O4S/c1-19(27)15(26)11(6-25)28-17(19)24-8-21-14-13(22-18(20)23-16(14)24)10-7-29-12-5-3-2-4-9(10)12/h2-5,7-8,11,15,17,25-27H,6H2,1H3,(H2,20,22,23)/t11-,15-,17?,19-/m1/s1. The summed E-state index contributed by atoms with van der Waals surface area (Å²) in [7, 11) is 0. The maximum absolute atomic E-state index is 10.8. The Balaban J connectivity index is 1.70. The van der Waals surface area contributed by atoms with Crippen molar-refractivity contribution in [1.29, 1.82) is 0 Å². The van der Waals surface area contributed by atoms with Gasteiger partial charge in [0.25, 0.3) is 0 Å². The molecule has 4 atom stereocenters. The molecular formula is C19H19N5O4S. The van der Waals surface area contributed by atoms with Gasteiger partial charge in [-0.2, -0.15) is 4.98 Å². The number of nitrogens with zero attached hydrogens (tertiary/aromatic N) is 4. The molecule has 1 aliphatic heterocycles. The molecule has 10 heteroatoms. The van der Waals surface area contributed by atoms with Gasteiger partial charge < -0.3 is 25.8 Å². The van der Waals surface area contributed by atoms with E-state index in [-0.39, 0.29) is 5.95 Å². The molecule has 1 saturated heterocycles. The molecule has 0 bridgehead atoms. The zero-order valence-electron chi connectivity index (χ0n) is 15.4. The van der Waals surface area contributed by atoms with Crippen LogP contribution in [0, 0.1) is 0 Å². The van der Waals surface area contributed by atoms with Gasteiger partial charge in [0, 0.05) is 21.0 Å². The van der Waals surface area contributed by atoms with E-state index in [1.807, 2.05) is 29.6 Å². The van der Waals surface area contributed by atoms with Crippen LogP contribution in [0.3, 0.4) is 0 Å². The molecule has 5 N–H and O–H groups in total. The SMILES string of the molecule is C[C@]1(O)C(n2cnc3c(-c4csc5ccccc45)nc(N)nc32)O[C@H](CO)[C@H]1O. The Morgan fingerprint density at radius 3 is 2.86 bits per heavy atom. The summed E-state index contributed by atoms with van der Waals surface area (Å²) < 4.78 is 8.34. The first kappa shape index (κ1) is 18.4. The Morgan fingerprint density at radius 1 is 1.31 bits per heavy atom. The van der Waals surface area contributed by atoms with Crippen molar-refractivity contribution >= 4 is 38.5 Å². The second kappa shape index (κ2) is 6.44. The van der Waals surface area contributed by atoms with Gasteiger partial charge in [-0.05, 0) is 13.0 Å². The Kier molecular flexibility index (Phi) is 4.09. The number of benzene rings is 1. The van der Waals surface area contributed by atoms with E-state index in [1.54, 1.807) is 11.3 Å². The molecule has 3 aromatic heterocycles. The van der Waals surface area contributed by atoms with Gasteiger partial charge in [0.15, 0.2) is 11.9 Å². The average Bonchev–Trinajstić information content (AvgIpc) is 3.37. The summed E-state index contributed by atoms with van der Waals surface area (Å²) >= 11 is 1.60. The highest BCUT2D eigenvalue weighted by atomic mass is 32.1. The van der Waals surface area contributed by atoms with Crippen molar-refractivity contribution < 1.29 is 20.1 Å². The van der Waals surface area contributed by atoms with Crippen molar-refractivity contribution in [2.45, 2.75) is 31.0 Å². The lowest BCUT2D eigenvalue weighted by molar-refractivity contribution is -0.0950. The Hall–Kier alpha value is -2.63. The number of thiophene rings is 1. The zero-order valence-corrected chi connectivity index (χ0v) is 16.2. The molecule has 29 heavy (non-hydrogen) atoms. The monoisotopic (exact) mass is 413 g/mol. The third-order valence-electron chi connectivity index (χ3n) is 5.36. The summed E-state index contributed by atoms with van der Waals surface area (Å²) in [5, 5.41) is 33.6. The molecule has 0 saturated carbocycles. The molecule has 1 aromatic carbocycles. The Labute approximate surface area is 169 Å². The van der Waals surface area contributed by atoms with Gasteiger partial charge >= 0.3 is 0 Å². The largest absolute Gasteiger partial charge is 0.394 e. The third kappa shape index (κ3) is 2.65. The summed E-state index contributed by atoms with van der Waals surface area (Å²) in [5.41, 5.74) is 6.69. The number of hydrogen-bond acceptors (Lipinski definition) is 9. The van der Waals surface area contributed by atoms with E-state index in [9.17, 15) is 15.3 Å². The van der Waals surface area contributed by atoms with Crippen molar-refractivity contribution in [2.24, 2.45) is 0 Å². The van der Waals surface area contributed by atoms with Crippen molar-refractivity contribution in [3.63, 3.8) is 0 Å². The van der Waals surface area contributed by atoms with E-state index < -0.39 is 30.6 Å². The van der Waals surface area contributed by atoms with Gasteiger partial charge in [0.05, 0.1) is 12.9 Å². The molecule has 4 heterocycles. The molecule has 1 fully saturated rings. The predicted octanol–water partition coefficient (Wildman–Crippen LogP) is 1.29. The van der Waals surface area contributed by atoms with Gasteiger partial charge in [0.2, 0.25) is 5.95 Å². The summed E-state index contributed by atoms with van der Waals surface area (Å²) in [6.07, 6.45) is -1.72. The van der Waals surface area contributed by atoms with E-state index in [2.05, 4.69) is 15.0 Å². The highest BCUT2D eigenvalue weighted by Gasteiger charge is 2.53. The predicted molar refractivity (Wildman–Crippen MR) is 108 cm³/mol. The topological polar surface area (TPSA) is 140 Å². The minimum absolute atomic E-state index is 0.0569. The summed E-state index contributed by atoms with van der Waals surface area (Å²) in [6, 6.07) is 7.97. The number of nitrogens with two attached hydrogens (primary N) is 1. The molecule has 0 radical (unpaired) electrons. The molecule has 0 amide bonds. The van der Waals surface area contributed by atoms with Crippen LogP contribution in [0.1, 0.15) is 13.2 Å². The number of anilines is 1. The smallest absolute Gasteiger partial charge is 0.222 e. The van der Waals surface area contributed by atoms with E-state index in [1.165, 1.54) is 17.8 Å². The van der Waals surface area contributed by atoms with Gasteiger partial charge in [0.1, 0.15) is 29.0 Å². The number of aromatic nitrogens is 4. The number of ether oxygens (including phenoxy) is 1. The van der Waals surface area contributed by atoms with Crippen molar-refractivity contribution in [1.82, 2.24) is 19.5 Å². The minimum Gasteiger partial charge on any atom is -0.394 e. The number of rotatable bonds is 3. The number of hydrogen-bond donors (Lipinski definition) is 4. The van der Waals surface area contributed by atoms with Crippen LogP contribution in [0.5, 0.6) is 0 Å². The maximum Gasteiger partial charge on any atom is 0.222 e. The fourth-order valence-electron chi connectivity index (χ4n) is 3.84. The van der Waals surface area contributed by atoms with E-state index in [0.717, 1.165) is 15.6 Å². The second-order valence-corrected chi connectivity index (χ2v) is 8.19. The number of imidazole rings is 1. The number of aliphatic hydroxyl groups excluding tert-OH is 2. The van der Waals surface area contributed by atoms with Crippen LogP contribution < -0.4 is 5.73 Å².